The Morgan fingerprint density at radius 1 is 1.35 bits per heavy atom. The molecule has 1 N–H and O–H groups in total. The van der Waals surface area contributed by atoms with Crippen LogP contribution in [0.4, 0.5) is 4.39 Å². The van der Waals surface area contributed by atoms with Gasteiger partial charge in [0.15, 0.2) is 0 Å². The molecule has 1 unspecified atom stereocenters. The molecule has 0 bridgehead atoms. The van der Waals surface area contributed by atoms with E-state index in [1.54, 1.807) is 12.1 Å². The van der Waals surface area contributed by atoms with E-state index in [-0.39, 0.29) is 11.9 Å². The fourth-order valence-corrected chi connectivity index (χ4v) is 3.68. The third kappa shape index (κ3) is 3.46. The minimum atomic E-state index is -0.0861. The zero-order valence-corrected chi connectivity index (χ0v) is 11.1. The molecule has 1 nitrogen and oxygen atoms in total. The van der Waals surface area contributed by atoms with Crippen molar-refractivity contribution in [2.24, 2.45) is 5.92 Å². The predicted octanol–water partition coefficient (Wildman–Crippen LogP) is 3.62. The van der Waals surface area contributed by atoms with E-state index in [1.165, 1.54) is 24.3 Å². The third-order valence-corrected chi connectivity index (χ3v) is 4.59. The first-order valence-electron chi connectivity index (χ1n) is 6.30. The van der Waals surface area contributed by atoms with Gasteiger partial charge in [0.2, 0.25) is 0 Å². The Bertz CT molecular complexity index is 350. The van der Waals surface area contributed by atoms with Crippen molar-refractivity contribution >= 4 is 11.8 Å². The summed E-state index contributed by atoms with van der Waals surface area (Å²) in [6.07, 6.45) is 3.60. The molecule has 1 aliphatic rings. The molecule has 1 aromatic rings. The molecule has 0 radical (unpaired) electrons. The molecule has 0 spiro atoms. The van der Waals surface area contributed by atoms with Gasteiger partial charge in [0.05, 0.1) is 0 Å². The van der Waals surface area contributed by atoms with Gasteiger partial charge in [-0.3, -0.25) is 0 Å². The summed E-state index contributed by atoms with van der Waals surface area (Å²) < 4.78 is 13.7. The molecule has 1 aliphatic heterocycles. The van der Waals surface area contributed by atoms with E-state index < -0.39 is 0 Å². The highest BCUT2D eigenvalue weighted by Gasteiger charge is 2.20. The summed E-state index contributed by atoms with van der Waals surface area (Å²) in [7, 11) is 1.93. The van der Waals surface area contributed by atoms with Gasteiger partial charge in [-0.15, -0.1) is 0 Å². The van der Waals surface area contributed by atoms with Crippen molar-refractivity contribution in [3.8, 4) is 0 Å². The molecule has 94 valence electrons. The van der Waals surface area contributed by atoms with Crippen LogP contribution in [0.15, 0.2) is 24.3 Å². The maximum absolute atomic E-state index is 13.7. The molecule has 1 saturated heterocycles. The van der Waals surface area contributed by atoms with Crippen molar-refractivity contribution in [1.82, 2.24) is 5.32 Å². The average Bonchev–Trinajstić information content (AvgIpc) is 2.38. The molecule has 0 aromatic heterocycles. The number of hydrogen-bond donors (Lipinski definition) is 1. The number of thioether (sulfide) groups is 1. The molecule has 0 saturated carbocycles. The highest BCUT2D eigenvalue weighted by molar-refractivity contribution is 7.99. The minimum absolute atomic E-state index is 0.0861. The Morgan fingerprint density at radius 2 is 2.06 bits per heavy atom. The number of benzene rings is 1. The summed E-state index contributed by atoms with van der Waals surface area (Å²) in [6, 6.07) is 7.27. The topological polar surface area (TPSA) is 12.0 Å². The van der Waals surface area contributed by atoms with Crippen LogP contribution in [0, 0.1) is 11.7 Å². The van der Waals surface area contributed by atoms with Crippen molar-refractivity contribution in [1.29, 1.82) is 0 Å². The normalized spacial score (nSPS) is 19.2. The van der Waals surface area contributed by atoms with Crippen LogP contribution in [0.25, 0.3) is 0 Å². The Labute approximate surface area is 107 Å². The van der Waals surface area contributed by atoms with Gasteiger partial charge in [-0.25, -0.2) is 4.39 Å². The molecule has 0 aliphatic carbocycles. The molecule has 1 fully saturated rings. The van der Waals surface area contributed by atoms with Crippen LogP contribution in [0.5, 0.6) is 0 Å². The number of rotatable bonds is 4. The van der Waals surface area contributed by atoms with Crippen molar-refractivity contribution < 1.29 is 4.39 Å². The van der Waals surface area contributed by atoms with Crippen molar-refractivity contribution in [3.63, 3.8) is 0 Å². The second-order valence-electron chi connectivity index (χ2n) is 4.65. The van der Waals surface area contributed by atoms with Gasteiger partial charge in [0.1, 0.15) is 5.82 Å². The van der Waals surface area contributed by atoms with Crippen molar-refractivity contribution in [3.05, 3.63) is 35.6 Å². The lowest BCUT2D eigenvalue weighted by atomic mass is 9.90. The summed E-state index contributed by atoms with van der Waals surface area (Å²) >= 11 is 2.04. The van der Waals surface area contributed by atoms with Crippen LogP contribution in [0.2, 0.25) is 0 Å². The van der Waals surface area contributed by atoms with Gasteiger partial charge < -0.3 is 5.32 Å². The number of nitrogens with one attached hydrogen (secondary N) is 1. The standard InChI is InChI=1S/C14H20FNS/c1-16-14(10-11-6-8-17-9-7-11)12-4-2-3-5-13(12)15/h2-5,11,14,16H,6-10H2,1H3. The number of hydrogen-bond acceptors (Lipinski definition) is 2. The SMILES string of the molecule is CNC(CC1CCSCC1)c1ccccc1F. The quantitative estimate of drug-likeness (QED) is 0.879. The van der Waals surface area contributed by atoms with Gasteiger partial charge >= 0.3 is 0 Å². The maximum Gasteiger partial charge on any atom is 0.127 e. The average molecular weight is 253 g/mol. The summed E-state index contributed by atoms with van der Waals surface area (Å²) in [4.78, 5) is 0. The minimum Gasteiger partial charge on any atom is -0.313 e. The van der Waals surface area contributed by atoms with E-state index in [0.717, 1.165) is 17.9 Å². The number of halogens is 1. The largest absolute Gasteiger partial charge is 0.313 e. The molecular weight excluding hydrogens is 233 g/mol. The Balaban J connectivity index is 2.03. The van der Waals surface area contributed by atoms with Crippen LogP contribution < -0.4 is 5.32 Å². The lowest BCUT2D eigenvalue weighted by molar-refractivity contribution is 0.377. The zero-order valence-electron chi connectivity index (χ0n) is 10.3. The van der Waals surface area contributed by atoms with Crippen molar-refractivity contribution in [2.45, 2.75) is 25.3 Å². The van der Waals surface area contributed by atoms with E-state index in [4.69, 9.17) is 0 Å². The second-order valence-corrected chi connectivity index (χ2v) is 5.88. The summed E-state index contributed by atoms with van der Waals surface area (Å²) in [5.41, 5.74) is 0.813. The molecule has 2 rings (SSSR count). The van der Waals surface area contributed by atoms with Gasteiger partial charge in [-0.2, -0.15) is 11.8 Å². The summed E-state index contributed by atoms with van der Waals surface area (Å²) in [6.45, 7) is 0. The van der Waals surface area contributed by atoms with Crippen LogP contribution in [0.3, 0.4) is 0 Å². The van der Waals surface area contributed by atoms with E-state index >= 15 is 0 Å². The highest BCUT2D eigenvalue weighted by atomic mass is 32.2. The van der Waals surface area contributed by atoms with Crippen LogP contribution in [-0.4, -0.2) is 18.6 Å². The Morgan fingerprint density at radius 3 is 2.71 bits per heavy atom. The third-order valence-electron chi connectivity index (χ3n) is 3.54. The lowest BCUT2D eigenvalue weighted by Gasteiger charge is -2.26. The van der Waals surface area contributed by atoms with Crippen molar-refractivity contribution in [2.75, 3.05) is 18.6 Å². The van der Waals surface area contributed by atoms with Gasteiger partial charge in [0.25, 0.3) is 0 Å². The first-order valence-corrected chi connectivity index (χ1v) is 7.46. The van der Waals surface area contributed by atoms with E-state index in [2.05, 4.69) is 5.32 Å². The van der Waals surface area contributed by atoms with Gasteiger partial charge in [0, 0.05) is 11.6 Å². The van der Waals surface area contributed by atoms with E-state index in [0.29, 0.717) is 0 Å². The first-order chi connectivity index (χ1) is 8.31. The fraction of sp³-hybridized carbons (Fsp3) is 0.571. The first kappa shape index (κ1) is 12.9. The molecule has 0 amide bonds. The van der Waals surface area contributed by atoms with Gasteiger partial charge in [-0.05, 0) is 49.8 Å². The lowest BCUT2D eigenvalue weighted by Crippen LogP contribution is -2.23. The predicted molar refractivity (Wildman–Crippen MR) is 72.9 cm³/mol. The second kappa shape index (κ2) is 6.41. The fourth-order valence-electron chi connectivity index (χ4n) is 2.47. The van der Waals surface area contributed by atoms with E-state index in [1.807, 2.05) is 30.9 Å². The van der Waals surface area contributed by atoms with E-state index in [9.17, 15) is 4.39 Å². The molecule has 1 heterocycles. The van der Waals surface area contributed by atoms with Crippen LogP contribution in [-0.2, 0) is 0 Å². The highest BCUT2D eigenvalue weighted by Crippen LogP contribution is 2.31. The van der Waals surface area contributed by atoms with Crippen LogP contribution >= 0.6 is 11.8 Å². The molecular formula is C14H20FNS. The summed E-state index contributed by atoms with van der Waals surface area (Å²) in [5.74, 6) is 3.18. The van der Waals surface area contributed by atoms with Gasteiger partial charge in [-0.1, -0.05) is 18.2 Å². The molecule has 17 heavy (non-hydrogen) atoms. The monoisotopic (exact) mass is 253 g/mol. The molecule has 1 aromatic carbocycles. The Hall–Kier alpha value is -0.540. The smallest absolute Gasteiger partial charge is 0.127 e. The Kier molecular flexibility index (Phi) is 4.86. The van der Waals surface area contributed by atoms with Crippen LogP contribution in [0.1, 0.15) is 30.9 Å². The zero-order chi connectivity index (χ0) is 12.1. The molecule has 3 heteroatoms. The maximum atomic E-state index is 13.7. The summed E-state index contributed by atoms with van der Waals surface area (Å²) in [5, 5.41) is 3.26. The molecule has 1 atom stereocenters.